The van der Waals surface area contributed by atoms with Crippen molar-refractivity contribution in [2.75, 3.05) is 0 Å². The Morgan fingerprint density at radius 3 is 1.88 bits per heavy atom. The maximum absolute atomic E-state index is 6.20. The molecule has 0 amide bonds. The van der Waals surface area contributed by atoms with Gasteiger partial charge in [-0.15, -0.1) is 0 Å². The Morgan fingerprint density at radius 1 is 0.388 bits per heavy atom. The van der Waals surface area contributed by atoms with Crippen molar-refractivity contribution in [3.05, 3.63) is 158 Å². The van der Waals surface area contributed by atoms with Crippen molar-refractivity contribution in [1.29, 1.82) is 0 Å². The van der Waals surface area contributed by atoms with Crippen LogP contribution in [-0.4, -0.2) is 19.9 Å². The molecule has 0 fully saturated rings. The first-order chi connectivity index (χ1) is 24.3. The average molecular weight is 627 g/mol. The molecule has 0 aliphatic rings. The van der Waals surface area contributed by atoms with E-state index in [9.17, 15) is 0 Å². The topological polar surface area (TPSA) is 64.7 Å². The van der Waals surface area contributed by atoms with Crippen LogP contribution in [0, 0.1) is 0 Å². The molecule has 49 heavy (non-hydrogen) atoms. The summed E-state index contributed by atoms with van der Waals surface area (Å²) in [6.07, 6.45) is 1.85. The fourth-order valence-electron chi connectivity index (χ4n) is 7.10. The van der Waals surface area contributed by atoms with Gasteiger partial charge < -0.3 is 4.42 Å². The van der Waals surface area contributed by atoms with Crippen molar-refractivity contribution in [2.24, 2.45) is 0 Å². The van der Waals surface area contributed by atoms with Crippen LogP contribution in [0.1, 0.15) is 0 Å². The molecule has 0 aliphatic heterocycles. The van der Waals surface area contributed by atoms with Gasteiger partial charge >= 0.3 is 0 Å². The summed E-state index contributed by atoms with van der Waals surface area (Å²) in [5, 5.41) is 8.03. The first kappa shape index (κ1) is 27.4. The summed E-state index contributed by atoms with van der Waals surface area (Å²) in [4.78, 5) is 19.7. The van der Waals surface area contributed by atoms with Crippen molar-refractivity contribution in [1.82, 2.24) is 19.9 Å². The lowest BCUT2D eigenvalue weighted by atomic mass is 9.91. The Bertz CT molecular complexity index is 2880. The molecule has 0 N–H and O–H groups in total. The van der Waals surface area contributed by atoms with E-state index in [1.165, 1.54) is 27.1 Å². The molecule has 0 aliphatic carbocycles. The number of hydrogen-bond donors (Lipinski definition) is 0. The second kappa shape index (κ2) is 10.9. The van der Waals surface area contributed by atoms with Gasteiger partial charge in [-0.2, -0.15) is 0 Å². The molecule has 10 aromatic rings. The zero-order valence-electron chi connectivity index (χ0n) is 26.2. The first-order valence-electron chi connectivity index (χ1n) is 16.3. The highest BCUT2D eigenvalue weighted by Crippen LogP contribution is 2.39. The number of aromatic nitrogens is 4. The van der Waals surface area contributed by atoms with Gasteiger partial charge in [-0.25, -0.2) is 15.0 Å². The number of nitrogens with zero attached hydrogens (tertiary/aromatic N) is 4. The van der Waals surface area contributed by atoms with E-state index in [2.05, 4.69) is 89.9 Å². The Labute approximate surface area is 281 Å². The van der Waals surface area contributed by atoms with Crippen LogP contribution < -0.4 is 0 Å². The molecule has 0 bridgehead atoms. The summed E-state index contributed by atoms with van der Waals surface area (Å²) < 4.78 is 6.20. The molecule has 0 spiro atoms. The minimum atomic E-state index is 0.604. The lowest BCUT2D eigenvalue weighted by Gasteiger charge is -2.13. The zero-order chi connectivity index (χ0) is 32.3. The molecule has 5 heteroatoms. The largest absolute Gasteiger partial charge is 0.456 e. The smallest absolute Gasteiger partial charge is 0.164 e. The minimum Gasteiger partial charge on any atom is -0.456 e. The predicted molar refractivity (Wildman–Crippen MR) is 199 cm³/mol. The number of rotatable bonds is 4. The Kier molecular flexibility index (Phi) is 6.11. The van der Waals surface area contributed by atoms with Crippen LogP contribution in [0.3, 0.4) is 0 Å². The number of pyridine rings is 1. The van der Waals surface area contributed by atoms with Gasteiger partial charge in [-0.05, 0) is 63.0 Å². The maximum Gasteiger partial charge on any atom is 0.164 e. The summed E-state index contributed by atoms with van der Waals surface area (Å²) in [5.41, 5.74) is 7.70. The molecular weight excluding hydrogens is 601 g/mol. The molecule has 7 aromatic carbocycles. The van der Waals surface area contributed by atoms with E-state index in [0.717, 1.165) is 55.1 Å². The maximum atomic E-state index is 6.20. The summed E-state index contributed by atoms with van der Waals surface area (Å²) >= 11 is 0. The van der Waals surface area contributed by atoms with Crippen molar-refractivity contribution < 1.29 is 4.42 Å². The van der Waals surface area contributed by atoms with Crippen molar-refractivity contribution >= 4 is 54.4 Å². The van der Waals surface area contributed by atoms with E-state index in [1.807, 2.05) is 72.9 Å². The molecule has 0 unspecified atom stereocenters. The van der Waals surface area contributed by atoms with E-state index in [1.54, 1.807) is 0 Å². The van der Waals surface area contributed by atoms with Crippen LogP contribution in [-0.2, 0) is 0 Å². The summed E-state index contributed by atoms with van der Waals surface area (Å²) in [6, 6.07) is 52.2. The Morgan fingerprint density at radius 2 is 1.04 bits per heavy atom. The van der Waals surface area contributed by atoms with Gasteiger partial charge in [0.15, 0.2) is 17.5 Å². The van der Waals surface area contributed by atoms with E-state index in [-0.39, 0.29) is 0 Å². The van der Waals surface area contributed by atoms with Gasteiger partial charge in [0.2, 0.25) is 0 Å². The van der Waals surface area contributed by atoms with Crippen molar-refractivity contribution in [3.63, 3.8) is 0 Å². The molecule has 5 nitrogen and oxygen atoms in total. The summed E-state index contributed by atoms with van der Waals surface area (Å²) in [6.45, 7) is 0. The molecule has 228 valence electrons. The zero-order valence-corrected chi connectivity index (χ0v) is 26.2. The number of benzene rings is 7. The fourth-order valence-corrected chi connectivity index (χ4v) is 7.10. The van der Waals surface area contributed by atoms with Crippen molar-refractivity contribution in [2.45, 2.75) is 0 Å². The highest BCUT2D eigenvalue weighted by atomic mass is 16.3. The second-order valence-electron chi connectivity index (χ2n) is 12.2. The Hall–Kier alpha value is -6.72. The van der Waals surface area contributed by atoms with Gasteiger partial charge in [0.05, 0.1) is 5.52 Å². The van der Waals surface area contributed by atoms with E-state index >= 15 is 0 Å². The van der Waals surface area contributed by atoms with Gasteiger partial charge in [-0.3, -0.25) is 4.98 Å². The minimum absolute atomic E-state index is 0.604. The van der Waals surface area contributed by atoms with Gasteiger partial charge in [-0.1, -0.05) is 121 Å². The monoisotopic (exact) mass is 626 g/mol. The fraction of sp³-hybridized carbons (Fsp3) is 0. The number of hydrogen-bond acceptors (Lipinski definition) is 5. The van der Waals surface area contributed by atoms with Crippen LogP contribution in [0.4, 0.5) is 0 Å². The van der Waals surface area contributed by atoms with E-state index in [0.29, 0.717) is 17.5 Å². The lowest BCUT2D eigenvalue weighted by molar-refractivity contribution is 0.669. The van der Waals surface area contributed by atoms with E-state index in [4.69, 9.17) is 19.4 Å². The highest BCUT2D eigenvalue weighted by molar-refractivity contribution is 6.22. The molecule has 10 rings (SSSR count). The number of furan rings is 1. The highest BCUT2D eigenvalue weighted by Gasteiger charge is 2.18. The third-order valence-corrected chi connectivity index (χ3v) is 9.37. The van der Waals surface area contributed by atoms with E-state index < -0.39 is 0 Å². The molecular formula is C44H26N4O. The van der Waals surface area contributed by atoms with Gasteiger partial charge in [0.1, 0.15) is 11.2 Å². The molecule has 3 aromatic heterocycles. The average Bonchev–Trinajstić information content (AvgIpc) is 3.57. The molecule has 0 atom stereocenters. The molecule has 0 saturated carbocycles. The van der Waals surface area contributed by atoms with Crippen LogP contribution in [0.25, 0.3) is 99.7 Å². The second-order valence-corrected chi connectivity index (χ2v) is 12.2. The molecule has 0 radical (unpaired) electrons. The molecule has 3 heterocycles. The SMILES string of the molecule is c1ccc(-c2nc(-c3ccc(-c4cc5ccc6ncccc6c5c5ccccc45)cc3)nc(-c3cccc4oc5ccccc5c34)n2)cc1. The number of fused-ring (bicyclic) bond motifs is 8. The standard InChI is InChI=1S/C44H26N4O/c1-2-10-28(11-3-1)42-46-43(48-44(47-42)35-15-8-18-39-41(35)34-14-6-7-17-38(34)49-39)29-21-19-27(20-22-29)36-26-30-23-24-37-33(16-9-25-45-37)40(30)32-13-5-4-12-31(32)36/h1-26H. The van der Waals surface area contributed by atoms with Gasteiger partial charge in [0.25, 0.3) is 0 Å². The van der Waals surface area contributed by atoms with Crippen molar-refractivity contribution in [3.8, 4) is 45.3 Å². The predicted octanol–water partition coefficient (Wildman–Crippen LogP) is 11.3. The lowest BCUT2D eigenvalue weighted by Crippen LogP contribution is -2.00. The molecule has 0 saturated heterocycles. The normalized spacial score (nSPS) is 11.7. The Balaban J connectivity index is 1.14. The quantitative estimate of drug-likeness (QED) is 0.182. The summed E-state index contributed by atoms with van der Waals surface area (Å²) in [7, 11) is 0. The third kappa shape index (κ3) is 4.48. The van der Waals surface area contributed by atoms with Crippen LogP contribution in [0.2, 0.25) is 0 Å². The van der Waals surface area contributed by atoms with Crippen LogP contribution in [0.5, 0.6) is 0 Å². The van der Waals surface area contributed by atoms with Crippen LogP contribution >= 0.6 is 0 Å². The third-order valence-electron chi connectivity index (χ3n) is 9.37. The van der Waals surface area contributed by atoms with Gasteiger partial charge in [0, 0.05) is 39.0 Å². The first-order valence-corrected chi connectivity index (χ1v) is 16.3. The number of para-hydroxylation sites is 1. The summed E-state index contributed by atoms with van der Waals surface area (Å²) in [5.74, 6) is 1.84. The van der Waals surface area contributed by atoms with Crippen LogP contribution in [0.15, 0.2) is 162 Å².